The van der Waals surface area contributed by atoms with Crippen LogP contribution in [-0.4, -0.2) is 48.1 Å². The molecule has 0 aromatic heterocycles. The first-order valence-electron chi connectivity index (χ1n) is 5.98. The van der Waals surface area contributed by atoms with Gasteiger partial charge in [0.15, 0.2) is 0 Å². The monoisotopic (exact) mass is 220 g/mol. The zero-order chi connectivity index (χ0) is 12.0. The Morgan fingerprint density at radius 3 is 1.56 bits per heavy atom. The summed E-state index contributed by atoms with van der Waals surface area (Å²) in [7, 11) is 0. The highest BCUT2D eigenvalue weighted by Crippen LogP contribution is 2.18. The summed E-state index contributed by atoms with van der Waals surface area (Å²) in [4.78, 5) is 4.50. The molecular formula is C12H20N4. The summed E-state index contributed by atoms with van der Waals surface area (Å²) in [5.74, 6) is 0. The fourth-order valence-electron chi connectivity index (χ4n) is 2.41. The molecule has 1 aliphatic rings. The molecule has 0 saturated carbocycles. The van der Waals surface area contributed by atoms with Crippen LogP contribution in [0.25, 0.3) is 0 Å². The average Bonchev–Trinajstić information content (AvgIpc) is 2.31. The number of hydrogen-bond acceptors (Lipinski definition) is 4. The molecule has 1 aliphatic heterocycles. The van der Waals surface area contributed by atoms with Crippen molar-refractivity contribution in [1.82, 2.24) is 9.80 Å². The van der Waals surface area contributed by atoms with Gasteiger partial charge >= 0.3 is 0 Å². The van der Waals surface area contributed by atoms with E-state index in [4.69, 9.17) is 10.5 Å². The fraction of sp³-hybridized carbons (Fsp3) is 0.833. The van der Waals surface area contributed by atoms with Gasteiger partial charge in [-0.15, -0.1) is 0 Å². The van der Waals surface area contributed by atoms with E-state index in [1.807, 2.05) is 0 Å². The van der Waals surface area contributed by atoms with Crippen molar-refractivity contribution in [2.24, 2.45) is 0 Å². The second-order valence-corrected chi connectivity index (χ2v) is 4.30. The molecule has 0 radical (unpaired) electrons. The van der Waals surface area contributed by atoms with Gasteiger partial charge in [0.05, 0.1) is 25.2 Å². The van der Waals surface area contributed by atoms with Gasteiger partial charge in [-0.25, -0.2) is 0 Å². The summed E-state index contributed by atoms with van der Waals surface area (Å²) in [6, 6.07) is 5.32. The van der Waals surface area contributed by atoms with E-state index in [9.17, 15) is 0 Å². The molecule has 0 spiro atoms. The zero-order valence-corrected chi connectivity index (χ0v) is 10.2. The van der Waals surface area contributed by atoms with Crippen molar-refractivity contribution >= 4 is 0 Å². The van der Waals surface area contributed by atoms with Gasteiger partial charge in [-0.2, -0.15) is 10.5 Å². The molecule has 1 heterocycles. The van der Waals surface area contributed by atoms with E-state index in [2.05, 4.69) is 35.8 Å². The minimum Gasteiger partial charge on any atom is -0.285 e. The summed E-state index contributed by atoms with van der Waals surface area (Å²) >= 11 is 0. The van der Waals surface area contributed by atoms with Crippen LogP contribution in [0.1, 0.15) is 26.7 Å². The normalized spacial score (nSPS) is 27.2. The molecule has 88 valence electrons. The third-order valence-electron chi connectivity index (χ3n) is 3.41. The molecule has 4 heteroatoms. The summed E-state index contributed by atoms with van der Waals surface area (Å²) in [5.41, 5.74) is 0. The Kier molecular flexibility index (Phi) is 5.25. The number of nitriles is 2. The summed E-state index contributed by atoms with van der Waals surface area (Å²) < 4.78 is 0. The van der Waals surface area contributed by atoms with Crippen LogP contribution in [-0.2, 0) is 0 Å². The van der Waals surface area contributed by atoms with Gasteiger partial charge in [0.2, 0.25) is 0 Å². The molecule has 1 rings (SSSR count). The largest absolute Gasteiger partial charge is 0.285 e. The lowest BCUT2D eigenvalue weighted by Gasteiger charge is -2.44. The van der Waals surface area contributed by atoms with Gasteiger partial charge in [0, 0.05) is 25.2 Å². The number of hydrogen-bond donors (Lipinski definition) is 0. The summed E-state index contributed by atoms with van der Waals surface area (Å²) in [6.45, 7) is 7.15. The van der Waals surface area contributed by atoms with Crippen molar-refractivity contribution < 1.29 is 0 Å². The van der Waals surface area contributed by atoms with Gasteiger partial charge in [-0.1, -0.05) is 13.8 Å². The fourth-order valence-corrected chi connectivity index (χ4v) is 2.41. The molecule has 0 aromatic rings. The third kappa shape index (κ3) is 2.95. The van der Waals surface area contributed by atoms with Gasteiger partial charge < -0.3 is 0 Å². The van der Waals surface area contributed by atoms with Crippen LogP contribution in [0, 0.1) is 22.7 Å². The second kappa shape index (κ2) is 6.48. The summed E-state index contributed by atoms with van der Waals surface area (Å²) in [6.07, 6.45) is 2.08. The quantitative estimate of drug-likeness (QED) is 0.668. The van der Waals surface area contributed by atoms with Crippen LogP contribution < -0.4 is 0 Å². The maximum absolute atomic E-state index is 8.80. The maximum atomic E-state index is 8.80. The molecule has 1 fully saturated rings. The Bertz CT molecular complexity index is 258. The van der Waals surface area contributed by atoms with Crippen LogP contribution in [0.2, 0.25) is 0 Å². The molecule has 0 N–H and O–H groups in total. The molecule has 0 bridgehead atoms. The first-order chi connectivity index (χ1) is 7.76. The van der Waals surface area contributed by atoms with Crippen molar-refractivity contribution in [3.8, 4) is 12.1 Å². The van der Waals surface area contributed by atoms with Crippen LogP contribution >= 0.6 is 0 Å². The molecule has 0 amide bonds. The smallest absolute Gasteiger partial charge is 0.0869 e. The van der Waals surface area contributed by atoms with E-state index in [0.717, 1.165) is 25.9 Å². The van der Waals surface area contributed by atoms with Crippen molar-refractivity contribution in [2.45, 2.75) is 38.8 Å². The number of piperazine rings is 1. The Hall–Kier alpha value is -1.10. The predicted molar refractivity (Wildman–Crippen MR) is 62.5 cm³/mol. The van der Waals surface area contributed by atoms with Gasteiger partial charge in [0.1, 0.15) is 0 Å². The van der Waals surface area contributed by atoms with Crippen LogP contribution in [0.15, 0.2) is 0 Å². The van der Waals surface area contributed by atoms with Gasteiger partial charge in [0.25, 0.3) is 0 Å². The van der Waals surface area contributed by atoms with E-state index in [0.29, 0.717) is 25.2 Å². The number of rotatable bonds is 4. The van der Waals surface area contributed by atoms with Crippen LogP contribution in [0.3, 0.4) is 0 Å². The Labute approximate surface area is 98.1 Å². The Morgan fingerprint density at radius 2 is 1.31 bits per heavy atom. The summed E-state index contributed by atoms with van der Waals surface area (Å²) in [5, 5.41) is 17.6. The second-order valence-electron chi connectivity index (χ2n) is 4.30. The van der Waals surface area contributed by atoms with E-state index < -0.39 is 0 Å². The van der Waals surface area contributed by atoms with Crippen LogP contribution in [0.4, 0.5) is 0 Å². The van der Waals surface area contributed by atoms with Gasteiger partial charge in [-0.05, 0) is 12.8 Å². The lowest BCUT2D eigenvalue weighted by atomic mass is 10.0. The van der Waals surface area contributed by atoms with E-state index in [1.165, 1.54) is 0 Å². The Balaban J connectivity index is 2.68. The first-order valence-corrected chi connectivity index (χ1v) is 5.98. The molecule has 4 nitrogen and oxygen atoms in total. The van der Waals surface area contributed by atoms with Crippen molar-refractivity contribution in [1.29, 1.82) is 10.5 Å². The zero-order valence-electron chi connectivity index (χ0n) is 10.2. The van der Waals surface area contributed by atoms with Crippen molar-refractivity contribution in [3.05, 3.63) is 0 Å². The van der Waals surface area contributed by atoms with Gasteiger partial charge in [-0.3, -0.25) is 9.80 Å². The maximum Gasteiger partial charge on any atom is 0.0869 e. The molecular weight excluding hydrogens is 200 g/mol. The van der Waals surface area contributed by atoms with Crippen molar-refractivity contribution in [2.75, 3.05) is 26.2 Å². The Morgan fingerprint density at radius 1 is 0.938 bits per heavy atom. The molecule has 0 aliphatic carbocycles. The molecule has 0 unspecified atom stereocenters. The minimum atomic E-state index is 0.427. The third-order valence-corrected chi connectivity index (χ3v) is 3.41. The SMILES string of the molecule is CC[C@H]1CN(CC#N)[C@@H](CC)CN1CC#N. The lowest BCUT2D eigenvalue weighted by Crippen LogP contribution is -2.57. The standard InChI is InChI=1S/C12H20N4/c1-3-11-9-16(8-6-14)12(4-2)10-15(11)7-5-13/h11-12H,3-4,7-10H2,1-2H3/t11-,12-/m0/s1. The molecule has 2 atom stereocenters. The average molecular weight is 220 g/mol. The highest BCUT2D eigenvalue weighted by atomic mass is 15.3. The topological polar surface area (TPSA) is 54.1 Å². The molecule has 16 heavy (non-hydrogen) atoms. The van der Waals surface area contributed by atoms with E-state index >= 15 is 0 Å². The van der Waals surface area contributed by atoms with Crippen molar-refractivity contribution in [3.63, 3.8) is 0 Å². The lowest BCUT2D eigenvalue weighted by molar-refractivity contribution is 0.0415. The van der Waals surface area contributed by atoms with E-state index in [-0.39, 0.29) is 0 Å². The van der Waals surface area contributed by atoms with E-state index in [1.54, 1.807) is 0 Å². The molecule has 0 aromatic carbocycles. The molecule has 1 saturated heterocycles. The number of nitrogens with zero attached hydrogens (tertiary/aromatic N) is 4. The van der Waals surface area contributed by atoms with Crippen LogP contribution in [0.5, 0.6) is 0 Å². The highest BCUT2D eigenvalue weighted by molar-refractivity contribution is 4.94. The minimum absolute atomic E-state index is 0.427. The predicted octanol–water partition coefficient (Wildman–Crippen LogP) is 1.21. The highest BCUT2D eigenvalue weighted by Gasteiger charge is 2.31. The first kappa shape index (κ1) is 13.0.